The predicted molar refractivity (Wildman–Crippen MR) is 363 cm³/mol. The maximum absolute atomic E-state index is 12.8. The van der Waals surface area contributed by atoms with Gasteiger partial charge in [-0.1, -0.05) is 217 Å². The van der Waals surface area contributed by atoms with Crippen molar-refractivity contribution in [1.82, 2.24) is 0 Å². The van der Waals surface area contributed by atoms with Crippen LogP contribution in [0.3, 0.4) is 0 Å². The summed E-state index contributed by atoms with van der Waals surface area (Å²) in [6.45, 7) is 9.23. The molecule has 4 unspecified atom stereocenters. The molecule has 0 fully saturated rings. The zero-order valence-electron chi connectivity index (χ0n) is 58.0. The van der Waals surface area contributed by atoms with Gasteiger partial charge in [-0.05, 0) is 88.1 Å². The smallest absolute Gasteiger partial charge is 0.872 e. The molecule has 12 aromatic rings. The molecule has 4 heterocycles. The summed E-state index contributed by atoms with van der Waals surface area (Å²) in [5, 5.41) is 60.6. The summed E-state index contributed by atoms with van der Waals surface area (Å²) in [5.74, 6) is -4.22. The number of carbonyl (C=O) groups excluding carboxylic acids is 4. The van der Waals surface area contributed by atoms with Crippen LogP contribution in [-0.4, -0.2) is 39.8 Å². The largest absolute Gasteiger partial charge is 1.00 e. The molecule has 0 aliphatic heterocycles. The number of carbonyl (C=O) groups is 4. The summed E-state index contributed by atoms with van der Waals surface area (Å²) in [4.78, 5) is 96.1. The molecule has 22 heteroatoms. The van der Waals surface area contributed by atoms with Crippen LogP contribution in [0.5, 0.6) is 23.0 Å². The molecule has 0 aliphatic carbocycles. The molecule has 4 aromatic heterocycles. The van der Waals surface area contributed by atoms with Crippen LogP contribution in [0.4, 0.5) is 0 Å². The van der Waals surface area contributed by atoms with E-state index in [1.54, 1.807) is 111 Å². The Morgan fingerprint density at radius 2 is 0.455 bits per heavy atom. The van der Waals surface area contributed by atoms with Crippen molar-refractivity contribution >= 4 is 67.0 Å². The van der Waals surface area contributed by atoms with Crippen LogP contribution in [0.1, 0.15) is 135 Å². The number of para-hydroxylation sites is 4. The van der Waals surface area contributed by atoms with Crippen molar-refractivity contribution in [3.05, 3.63) is 305 Å². The monoisotopic (exact) mass is 1400 g/mol. The van der Waals surface area contributed by atoms with Crippen molar-refractivity contribution in [3.63, 3.8) is 0 Å². The van der Waals surface area contributed by atoms with Gasteiger partial charge in [0.05, 0.1) is 0 Å². The van der Waals surface area contributed by atoms with Crippen LogP contribution >= 0.6 is 0 Å². The number of rotatable bonds is 16. The van der Waals surface area contributed by atoms with Crippen LogP contribution < -0.4 is 161 Å². The van der Waals surface area contributed by atoms with Crippen molar-refractivity contribution in [2.24, 2.45) is 0 Å². The first kappa shape index (κ1) is 87.6. The van der Waals surface area contributed by atoms with Gasteiger partial charge < -0.3 is 48.7 Å². The number of Topliss-reactive ketones (excluding diaryl/α,β-unsaturated/α-hetero) is 4. The third-order valence-corrected chi connectivity index (χ3v) is 15.4. The molecule has 18 nitrogen and oxygen atoms in total. The molecular formula is C79H70Na4O18. The summed E-state index contributed by atoms with van der Waals surface area (Å²) in [6.07, 6.45) is 0.176. The number of benzene rings is 8. The first-order valence-electron chi connectivity index (χ1n) is 30.8. The van der Waals surface area contributed by atoms with E-state index in [-0.39, 0.29) is 246 Å². The van der Waals surface area contributed by atoms with Crippen LogP contribution in [-0.2, 0) is 19.2 Å². The summed E-state index contributed by atoms with van der Waals surface area (Å²) >= 11 is 0. The van der Waals surface area contributed by atoms with E-state index in [0.717, 1.165) is 22.3 Å². The summed E-state index contributed by atoms with van der Waals surface area (Å²) in [7, 11) is 0. The average molecular weight is 1400 g/mol. The maximum atomic E-state index is 12.8. The van der Waals surface area contributed by atoms with E-state index in [9.17, 15) is 58.8 Å². The predicted octanol–water partition coefficient (Wildman–Crippen LogP) is -0.511. The van der Waals surface area contributed by atoms with Gasteiger partial charge in [0.25, 0.3) is 0 Å². The second kappa shape index (κ2) is 42.1. The fourth-order valence-corrected chi connectivity index (χ4v) is 11.2. The number of fused-ring (bicyclic) bond motifs is 4. The van der Waals surface area contributed by atoms with Gasteiger partial charge >= 0.3 is 141 Å². The molecule has 0 spiro atoms. The van der Waals surface area contributed by atoms with Gasteiger partial charge in [0.1, 0.15) is 45.5 Å². The standard InChI is InChI=1S/4C19H16O4.C3H8O.4Na.H2O/c4*1-12(20)11-15(13-7-3-2-4-8-13)17-18(21)14-9-5-6-10-16(14)23-19(17)22;1-3(2)4;;;;;/h4*2-10,15,21H,11H2,1H3;3-4H,1-2H3;;;;;1H2/q;;;;;4*+1;/p-4. The molecule has 0 aliphatic rings. The number of ketones is 4. The number of aliphatic hydroxyl groups is 1. The summed E-state index contributed by atoms with van der Waals surface area (Å²) < 4.78 is 21.2. The second-order valence-electron chi connectivity index (χ2n) is 23.1. The van der Waals surface area contributed by atoms with E-state index in [2.05, 4.69) is 0 Å². The molecule has 12 rings (SSSR count). The molecule has 3 N–H and O–H groups in total. The number of aliphatic hydroxyl groups excluding tert-OH is 1. The minimum Gasteiger partial charge on any atom is -0.872 e. The minimum atomic E-state index is -0.677. The summed E-state index contributed by atoms with van der Waals surface area (Å²) in [5.41, 5.74) is 1.43. The Kier molecular flexibility index (Phi) is 36.5. The SMILES string of the molecule is CC(=O)CC(c1ccccc1)c1c([O-])c2ccccc2oc1=O.CC(=O)CC(c1ccccc1)c1c([O-])c2ccccc2oc1=O.CC(=O)CC(c1ccccc1)c1c([O-])c2ccccc2oc1=O.CC(=O)CC(c1ccccc1)c1c([O-])c2ccccc2oc1=O.CC(C)O.O.[Na+].[Na+].[Na+].[Na+]. The van der Waals surface area contributed by atoms with Crippen molar-refractivity contribution in [3.8, 4) is 23.0 Å². The Morgan fingerprint density at radius 1 is 0.307 bits per heavy atom. The molecule has 0 saturated heterocycles. The van der Waals surface area contributed by atoms with Gasteiger partial charge in [0.2, 0.25) is 0 Å². The molecule has 0 saturated carbocycles. The van der Waals surface area contributed by atoms with E-state index in [4.69, 9.17) is 22.8 Å². The minimum absolute atomic E-state index is 0. The van der Waals surface area contributed by atoms with Crippen LogP contribution in [0.2, 0.25) is 0 Å². The second-order valence-corrected chi connectivity index (χ2v) is 23.1. The normalized spacial score (nSPS) is 11.5. The molecule has 0 bridgehead atoms. The van der Waals surface area contributed by atoms with Crippen molar-refractivity contribution in [2.75, 3.05) is 0 Å². The van der Waals surface area contributed by atoms with Gasteiger partial charge in [0.15, 0.2) is 0 Å². The van der Waals surface area contributed by atoms with E-state index in [1.165, 1.54) is 27.7 Å². The van der Waals surface area contributed by atoms with Gasteiger partial charge in [-0.3, -0.25) is 19.2 Å². The fourth-order valence-electron chi connectivity index (χ4n) is 11.2. The Hall–Kier alpha value is -7.60. The summed E-state index contributed by atoms with van der Waals surface area (Å²) in [6, 6.07) is 62.9. The first-order chi connectivity index (χ1) is 46.0. The first-order valence-corrected chi connectivity index (χ1v) is 30.8. The third-order valence-electron chi connectivity index (χ3n) is 15.4. The topological polar surface area (TPSA) is 333 Å². The Labute approximate surface area is 670 Å². The van der Waals surface area contributed by atoms with E-state index < -0.39 is 46.2 Å². The zero-order valence-corrected chi connectivity index (χ0v) is 66.0. The maximum Gasteiger partial charge on any atom is 1.00 e. The molecule has 0 amide bonds. The van der Waals surface area contributed by atoms with Crippen molar-refractivity contribution < 1.29 is 186 Å². The average Bonchev–Trinajstić information content (AvgIpc) is 0.799. The molecular weight excluding hydrogens is 1330 g/mol. The van der Waals surface area contributed by atoms with Gasteiger partial charge in [0, 0.05) is 99.3 Å². The van der Waals surface area contributed by atoms with Crippen LogP contribution in [0.15, 0.2) is 255 Å². The van der Waals surface area contributed by atoms with E-state index in [1.807, 2.05) is 121 Å². The Balaban J connectivity index is 0.000000338. The van der Waals surface area contributed by atoms with Gasteiger partial charge in [-0.15, -0.1) is 0 Å². The molecule has 498 valence electrons. The molecule has 8 aromatic carbocycles. The van der Waals surface area contributed by atoms with E-state index in [0.29, 0.717) is 21.5 Å². The molecule has 0 radical (unpaired) electrons. The number of hydrogen-bond donors (Lipinski definition) is 1. The Bertz CT molecular complexity index is 4340. The van der Waals surface area contributed by atoms with Gasteiger partial charge in [-0.2, -0.15) is 0 Å². The molecule has 4 atom stereocenters. The van der Waals surface area contributed by atoms with Crippen LogP contribution in [0.25, 0.3) is 43.9 Å². The fraction of sp³-hybridized carbons (Fsp3) is 0.190. The quantitative estimate of drug-likeness (QED) is 0.0940. The van der Waals surface area contributed by atoms with E-state index >= 15 is 0 Å². The van der Waals surface area contributed by atoms with Crippen molar-refractivity contribution in [2.45, 2.75) is 97.0 Å². The van der Waals surface area contributed by atoms with Crippen LogP contribution in [0, 0.1) is 0 Å². The number of hydrogen-bond acceptors (Lipinski definition) is 17. The van der Waals surface area contributed by atoms with Gasteiger partial charge in [-0.25, -0.2) is 19.2 Å². The molecule has 101 heavy (non-hydrogen) atoms. The Morgan fingerprint density at radius 3 is 0.614 bits per heavy atom. The zero-order chi connectivity index (χ0) is 69.2. The van der Waals surface area contributed by atoms with Crippen molar-refractivity contribution in [1.29, 1.82) is 0 Å². The third kappa shape index (κ3) is 23.2.